The Kier molecular flexibility index (Phi) is 4.42. The van der Waals surface area contributed by atoms with Crippen LogP contribution in [0, 0.1) is 6.92 Å². The molecule has 0 saturated heterocycles. The van der Waals surface area contributed by atoms with Crippen molar-refractivity contribution in [2.24, 2.45) is 0 Å². The number of aryl methyl sites for hydroxylation is 1. The summed E-state index contributed by atoms with van der Waals surface area (Å²) < 4.78 is 9.26. The van der Waals surface area contributed by atoms with E-state index in [4.69, 9.17) is 4.74 Å². The van der Waals surface area contributed by atoms with Crippen LogP contribution in [0.4, 0.5) is 0 Å². The largest absolute Gasteiger partial charge is 0.481 e. The van der Waals surface area contributed by atoms with E-state index in [-0.39, 0.29) is 0 Å². The highest BCUT2D eigenvalue weighted by molar-refractivity contribution is 5.75. The van der Waals surface area contributed by atoms with Gasteiger partial charge in [-0.05, 0) is 13.0 Å². The third kappa shape index (κ3) is 2.92. The average Bonchev–Trinajstić information content (AvgIpc) is 2.35. The van der Waals surface area contributed by atoms with E-state index in [2.05, 4.69) is 9.72 Å². The van der Waals surface area contributed by atoms with Crippen molar-refractivity contribution in [1.82, 2.24) is 4.98 Å². The Balaban J connectivity index is 2.96. The molecule has 0 spiro atoms. The summed E-state index contributed by atoms with van der Waals surface area (Å²) in [5.41, 5.74) is 0.823. The molecule has 0 aliphatic carbocycles. The van der Waals surface area contributed by atoms with E-state index in [0.717, 1.165) is 7.11 Å². The van der Waals surface area contributed by atoms with Gasteiger partial charge in [0, 0.05) is 17.3 Å². The number of aromatic nitrogens is 1. The first-order valence-electron chi connectivity index (χ1n) is 4.96. The van der Waals surface area contributed by atoms with Gasteiger partial charge in [-0.15, -0.1) is 0 Å². The zero-order valence-corrected chi connectivity index (χ0v) is 9.88. The van der Waals surface area contributed by atoms with Crippen molar-refractivity contribution >= 4 is 5.97 Å². The summed E-state index contributed by atoms with van der Waals surface area (Å²) in [5, 5.41) is 19.3. The monoisotopic (exact) mass is 241 g/mol. The molecule has 0 amide bonds. The highest BCUT2D eigenvalue weighted by Gasteiger charge is 2.28. The number of aliphatic hydroxyl groups excluding tert-OH is 2. The van der Waals surface area contributed by atoms with Gasteiger partial charge in [-0.2, -0.15) is 0 Å². The zero-order valence-electron chi connectivity index (χ0n) is 9.88. The van der Waals surface area contributed by atoms with Crippen LogP contribution in [0.2, 0.25) is 0 Å². The van der Waals surface area contributed by atoms with Crippen molar-refractivity contribution in [3.8, 4) is 5.88 Å². The summed E-state index contributed by atoms with van der Waals surface area (Å²) in [5.74, 6) is -0.501. The van der Waals surface area contributed by atoms with Crippen LogP contribution in [0.3, 0.4) is 0 Å². The van der Waals surface area contributed by atoms with Gasteiger partial charge in [-0.25, -0.2) is 9.78 Å². The Hall–Kier alpha value is -1.66. The lowest BCUT2D eigenvalue weighted by Gasteiger charge is -2.17. The molecule has 17 heavy (non-hydrogen) atoms. The summed E-state index contributed by atoms with van der Waals surface area (Å²) in [6, 6.07) is 3.08. The number of rotatable bonds is 4. The molecule has 0 aliphatic heterocycles. The van der Waals surface area contributed by atoms with Crippen molar-refractivity contribution in [3.63, 3.8) is 0 Å². The molecule has 0 aliphatic rings. The van der Waals surface area contributed by atoms with Gasteiger partial charge in [0.25, 0.3) is 0 Å². The molecule has 6 nitrogen and oxygen atoms in total. The first kappa shape index (κ1) is 13.4. The maximum Gasteiger partial charge on any atom is 0.337 e. The molecule has 0 saturated carbocycles. The Morgan fingerprint density at radius 3 is 2.47 bits per heavy atom. The van der Waals surface area contributed by atoms with E-state index in [1.54, 1.807) is 6.92 Å². The van der Waals surface area contributed by atoms with Crippen LogP contribution in [-0.4, -0.2) is 41.5 Å². The standard InChI is InChI=1S/C11H15NO5/c1-6-7(4-5-8(12-6)16-2)9(13)10(14)11(15)17-3/h4-5,9-10,13-14H,1-3H3. The Labute approximate surface area is 98.8 Å². The number of methoxy groups -OCH3 is 2. The van der Waals surface area contributed by atoms with Crippen LogP contribution in [0.25, 0.3) is 0 Å². The van der Waals surface area contributed by atoms with Gasteiger partial charge in [-0.1, -0.05) is 0 Å². The first-order chi connectivity index (χ1) is 8.01. The highest BCUT2D eigenvalue weighted by atomic mass is 16.5. The van der Waals surface area contributed by atoms with Crippen molar-refractivity contribution < 1.29 is 24.5 Å². The number of carbonyl (C=O) groups excluding carboxylic acids is 1. The molecule has 1 heterocycles. The number of hydrogen-bond donors (Lipinski definition) is 2. The molecule has 94 valence electrons. The maximum atomic E-state index is 11.1. The van der Waals surface area contributed by atoms with Crippen LogP contribution < -0.4 is 4.74 Å². The van der Waals surface area contributed by atoms with Crippen molar-refractivity contribution in [2.75, 3.05) is 14.2 Å². The fraction of sp³-hybridized carbons (Fsp3) is 0.455. The summed E-state index contributed by atoms with van der Waals surface area (Å²) in [4.78, 5) is 15.1. The summed E-state index contributed by atoms with van der Waals surface area (Å²) in [6.07, 6.45) is -3.00. The second kappa shape index (κ2) is 5.60. The summed E-state index contributed by atoms with van der Waals surface area (Å²) in [7, 11) is 2.61. The van der Waals surface area contributed by atoms with E-state index in [0.29, 0.717) is 17.1 Å². The third-order valence-electron chi connectivity index (χ3n) is 2.37. The second-order valence-corrected chi connectivity index (χ2v) is 3.44. The predicted molar refractivity (Wildman–Crippen MR) is 58.5 cm³/mol. The van der Waals surface area contributed by atoms with Crippen LogP contribution in [0.1, 0.15) is 17.4 Å². The maximum absolute atomic E-state index is 11.1. The molecule has 0 bridgehead atoms. The van der Waals surface area contributed by atoms with Gasteiger partial charge < -0.3 is 19.7 Å². The molecular formula is C11H15NO5. The second-order valence-electron chi connectivity index (χ2n) is 3.44. The minimum Gasteiger partial charge on any atom is -0.481 e. The molecule has 6 heteroatoms. The lowest BCUT2D eigenvalue weighted by Crippen LogP contribution is -2.29. The van der Waals surface area contributed by atoms with Crippen molar-refractivity contribution in [3.05, 3.63) is 23.4 Å². The van der Waals surface area contributed by atoms with Gasteiger partial charge >= 0.3 is 5.97 Å². The van der Waals surface area contributed by atoms with E-state index in [1.165, 1.54) is 19.2 Å². The number of ether oxygens (including phenoxy) is 2. The van der Waals surface area contributed by atoms with Gasteiger partial charge in [0.15, 0.2) is 6.10 Å². The Morgan fingerprint density at radius 2 is 2.00 bits per heavy atom. The highest BCUT2D eigenvalue weighted by Crippen LogP contribution is 2.22. The topological polar surface area (TPSA) is 88.9 Å². The van der Waals surface area contributed by atoms with E-state index >= 15 is 0 Å². The minimum atomic E-state index is -1.63. The van der Waals surface area contributed by atoms with E-state index < -0.39 is 18.2 Å². The van der Waals surface area contributed by atoms with E-state index in [1.807, 2.05) is 0 Å². The van der Waals surface area contributed by atoms with Gasteiger partial charge in [-0.3, -0.25) is 0 Å². The smallest absolute Gasteiger partial charge is 0.337 e. The Morgan fingerprint density at radius 1 is 1.35 bits per heavy atom. The quantitative estimate of drug-likeness (QED) is 0.719. The minimum absolute atomic E-state index is 0.351. The molecule has 1 rings (SSSR count). The third-order valence-corrected chi connectivity index (χ3v) is 2.37. The fourth-order valence-corrected chi connectivity index (χ4v) is 1.39. The lowest BCUT2D eigenvalue weighted by molar-refractivity contribution is -0.156. The average molecular weight is 241 g/mol. The molecule has 2 unspecified atom stereocenters. The summed E-state index contributed by atoms with van der Waals surface area (Å²) >= 11 is 0. The first-order valence-corrected chi connectivity index (χ1v) is 4.96. The zero-order chi connectivity index (χ0) is 13.0. The van der Waals surface area contributed by atoms with E-state index in [9.17, 15) is 15.0 Å². The van der Waals surface area contributed by atoms with Crippen LogP contribution in [0.15, 0.2) is 12.1 Å². The van der Waals surface area contributed by atoms with Crippen LogP contribution in [0.5, 0.6) is 5.88 Å². The molecule has 1 aromatic heterocycles. The molecule has 1 aromatic rings. The normalized spacial score (nSPS) is 13.9. The van der Waals surface area contributed by atoms with Gasteiger partial charge in [0.05, 0.1) is 14.2 Å². The lowest BCUT2D eigenvalue weighted by atomic mass is 10.0. The molecule has 0 aromatic carbocycles. The Bertz CT molecular complexity index is 407. The molecule has 2 atom stereocenters. The summed E-state index contributed by atoms with van der Waals surface area (Å²) in [6.45, 7) is 1.64. The predicted octanol–water partition coefficient (Wildman–Crippen LogP) is -0.0341. The molecule has 0 radical (unpaired) electrons. The number of pyridine rings is 1. The van der Waals surface area contributed by atoms with Crippen LogP contribution in [-0.2, 0) is 9.53 Å². The van der Waals surface area contributed by atoms with Gasteiger partial charge in [0.2, 0.25) is 5.88 Å². The fourth-order valence-electron chi connectivity index (χ4n) is 1.39. The number of carbonyl (C=O) groups is 1. The van der Waals surface area contributed by atoms with Crippen molar-refractivity contribution in [1.29, 1.82) is 0 Å². The number of hydrogen-bond acceptors (Lipinski definition) is 6. The number of aliphatic hydroxyl groups is 2. The number of nitrogens with zero attached hydrogens (tertiary/aromatic N) is 1. The molecule has 2 N–H and O–H groups in total. The number of esters is 1. The van der Waals surface area contributed by atoms with Gasteiger partial charge in [0.1, 0.15) is 6.10 Å². The molecule has 0 fully saturated rings. The SMILES string of the molecule is COC(=O)C(O)C(O)c1ccc(OC)nc1C. The molecular weight excluding hydrogens is 226 g/mol. The van der Waals surface area contributed by atoms with Crippen LogP contribution >= 0.6 is 0 Å². The van der Waals surface area contributed by atoms with Crippen molar-refractivity contribution in [2.45, 2.75) is 19.1 Å².